The largest absolute Gasteiger partial charge is 0.468 e. The molecule has 132 valence electrons. The third kappa shape index (κ3) is 5.16. The number of amides is 1. The van der Waals surface area contributed by atoms with E-state index in [2.05, 4.69) is 10.6 Å². The van der Waals surface area contributed by atoms with Gasteiger partial charge in [-0.15, -0.1) is 0 Å². The summed E-state index contributed by atoms with van der Waals surface area (Å²) in [4.78, 5) is 23.6. The van der Waals surface area contributed by atoms with Crippen molar-refractivity contribution in [1.82, 2.24) is 5.32 Å². The molecule has 0 unspecified atom stereocenters. The summed E-state index contributed by atoms with van der Waals surface area (Å²) < 4.78 is 4.93. The molecule has 2 N–H and O–H groups in total. The first-order valence-corrected chi connectivity index (χ1v) is 8.33. The fourth-order valence-corrected chi connectivity index (χ4v) is 2.51. The van der Waals surface area contributed by atoms with Crippen LogP contribution in [0.1, 0.15) is 43.5 Å². The molecule has 0 heterocycles. The number of carbonyl (C=O) groups excluding carboxylic acids is 2. The summed E-state index contributed by atoms with van der Waals surface area (Å²) in [7, 11) is 1.38. The first-order valence-electron chi connectivity index (χ1n) is 8.33. The predicted molar refractivity (Wildman–Crippen MR) is 98.1 cm³/mol. The fourth-order valence-electron chi connectivity index (χ4n) is 2.51. The van der Waals surface area contributed by atoms with E-state index in [1.165, 1.54) is 7.11 Å². The van der Waals surface area contributed by atoms with Crippen LogP contribution in [-0.4, -0.2) is 19.0 Å². The molecule has 2 atom stereocenters. The Bertz CT molecular complexity index is 699. The minimum absolute atomic E-state index is 0.0197. The smallest absolute Gasteiger partial charge is 0.327 e. The lowest BCUT2D eigenvalue weighted by Gasteiger charge is -2.22. The Morgan fingerprint density at radius 3 is 2.20 bits per heavy atom. The van der Waals surface area contributed by atoms with Gasteiger partial charge in [0.25, 0.3) is 0 Å². The van der Waals surface area contributed by atoms with Gasteiger partial charge in [-0.05, 0) is 30.2 Å². The summed E-state index contributed by atoms with van der Waals surface area (Å²) in [5.74, 6) is -0.348. The number of methoxy groups -OCH3 is 1. The SMILES string of the molecule is CCC(=O)Nc1ccc([C@H](C)N[C@H](C(=O)OC)c2ccccc2)cc1. The summed E-state index contributed by atoms with van der Waals surface area (Å²) in [6, 6.07) is 16.4. The van der Waals surface area contributed by atoms with Gasteiger partial charge in [-0.25, -0.2) is 4.79 Å². The van der Waals surface area contributed by atoms with Gasteiger partial charge >= 0.3 is 5.97 Å². The first-order chi connectivity index (χ1) is 12.0. The van der Waals surface area contributed by atoms with Crippen molar-refractivity contribution in [3.63, 3.8) is 0 Å². The first kappa shape index (κ1) is 18.7. The van der Waals surface area contributed by atoms with Crippen LogP contribution in [0.2, 0.25) is 0 Å². The van der Waals surface area contributed by atoms with Crippen LogP contribution in [0.3, 0.4) is 0 Å². The maximum atomic E-state index is 12.2. The van der Waals surface area contributed by atoms with Gasteiger partial charge in [-0.3, -0.25) is 10.1 Å². The lowest BCUT2D eigenvalue weighted by atomic mass is 10.0. The number of anilines is 1. The van der Waals surface area contributed by atoms with Gasteiger partial charge in [-0.1, -0.05) is 49.4 Å². The molecule has 2 aromatic carbocycles. The number of hydrogen-bond donors (Lipinski definition) is 2. The van der Waals surface area contributed by atoms with Gasteiger partial charge in [0.05, 0.1) is 7.11 Å². The quantitative estimate of drug-likeness (QED) is 0.756. The number of hydrogen-bond acceptors (Lipinski definition) is 4. The van der Waals surface area contributed by atoms with Gasteiger partial charge in [0, 0.05) is 18.2 Å². The minimum atomic E-state index is -0.541. The van der Waals surface area contributed by atoms with E-state index in [-0.39, 0.29) is 17.9 Å². The van der Waals surface area contributed by atoms with E-state index in [1.54, 1.807) is 0 Å². The second-order valence-corrected chi connectivity index (χ2v) is 5.78. The van der Waals surface area contributed by atoms with Crippen molar-refractivity contribution in [2.75, 3.05) is 12.4 Å². The highest BCUT2D eigenvalue weighted by atomic mass is 16.5. The number of esters is 1. The van der Waals surface area contributed by atoms with Crippen molar-refractivity contribution in [3.05, 3.63) is 65.7 Å². The van der Waals surface area contributed by atoms with Crippen LogP contribution in [0.25, 0.3) is 0 Å². The highest BCUT2D eigenvalue weighted by molar-refractivity contribution is 5.90. The molecular formula is C20H24N2O3. The summed E-state index contributed by atoms with van der Waals surface area (Å²) in [6.07, 6.45) is 0.442. The van der Waals surface area contributed by atoms with Crippen molar-refractivity contribution >= 4 is 17.6 Å². The van der Waals surface area contributed by atoms with E-state index in [9.17, 15) is 9.59 Å². The monoisotopic (exact) mass is 340 g/mol. The van der Waals surface area contributed by atoms with Crippen LogP contribution in [0.4, 0.5) is 5.69 Å². The number of carbonyl (C=O) groups is 2. The van der Waals surface area contributed by atoms with Gasteiger partial charge in [0.15, 0.2) is 0 Å². The van der Waals surface area contributed by atoms with Crippen molar-refractivity contribution in [3.8, 4) is 0 Å². The van der Waals surface area contributed by atoms with E-state index < -0.39 is 6.04 Å². The highest BCUT2D eigenvalue weighted by Gasteiger charge is 2.23. The number of nitrogens with one attached hydrogen (secondary N) is 2. The summed E-state index contributed by atoms with van der Waals surface area (Å²) in [5.41, 5.74) is 2.63. The Morgan fingerprint density at radius 1 is 1.00 bits per heavy atom. The molecule has 0 bridgehead atoms. The zero-order valence-electron chi connectivity index (χ0n) is 14.8. The van der Waals surface area contributed by atoms with Crippen molar-refractivity contribution < 1.29 is 14.3 Å². The molecule has 5 nitrogen and oxygen atoms in total. The van der Waals surface area contributed by atoms with E-state index in [0.717, 1.165) is 16.8 Å². The Kier molecular flexibility index (Phi) is 6.71. The molecular weight excluding hydrogens is 316 g/mol. The van der Waals surface area contributed by atoms with Gasteiger partial charge in [0.2, 0.25) is 5.91 Å². The summed E-state index contributed by atoms with van der Waals surface area (Å²) in [6.45, 7) is 3.80. The van der Waals surface area contributed by atoms with Crippen LogP contribution in [0.15, 0.2) is 54.6 Å². The van der Waals surface area contributed by atoms with Crippen molar-refractivity contribution in [2.45, 2.75) is 32.4 Å². The number of benzene rings is 2. The maximum absolute atomic E-state index is 12.2. The zero-order valence-corrected chi connectivity index (χ0v) is 14.8. The minimum Gasteiger partial charge on any atom is -0.468 e. The van der Waals surface area contributed by atoms with Crippen molar-refractivity contribution in [2.24, 2.45) is 0 Å². The Balaban J connectivity index is 2.11. The molecule has 0 spiro atoms. The summed E-state index contributed by atoms with van der Waals surface area (Å²) in [5, 5.41) is 6.13. The fraction of sp³-hybridized carbons (Fsp3) is 0.300. The molecule has 0 aliphatic carbocycles. The van der Waals surface area contributed by atoms with E-state index in [4.69, 9.17) is 4.74 Å². The normalized spacial score (nSPS) is 12.9. The highest BCUT2D eigenvalue weighted by Crippen LogP contribution is 2.22. The van der Waals surface area contributed by atoms with Crippen molar-refractivity contribution in [1.29, 1.82) is 0 Å². The zero-order chi connectivity index (χ0) is 18.2. The Morgan fingerprint density at radius 2 is 1.64 bits per heavy atom. The van der Waals surface area contributed by atoms with Crippen LogP contribution in [-0.2, 0) is 14.3 Å². The third-order valence-electron chi connectivity index (χ3n) is 4.00. The molecule has 1 amide bonds. The van der Waals surface area contributed by atoms with E-state index in [1.807, 2.05) is 68.4 Å². The van der Waals surface area contributed by atoms with Crippen LogP contribution < -0.4 is 10.6 Å². The van der Waals surface area contributed by atoms with Gasteiger partial charge < -0.3 is 10.1 Å². The molecule has 0 fully saturated rings. The summed E-state index contributed by atoms with van der Waals surface area (Å²) >= 11 is 0. The molecule has 0 aromatic heterocycles. The lowest BCUT2D eigenvalue weighted by Crippen LogP contribution is -2.31. The molecule has 25 heavy (non-hydrogen) atoms. The van der Waals surface area contributed by atoms with E-state index >= 15 is 0 Å². The Hall–Kier alpha value is -2.66. The Labute approximate surface area is 148 Å². The standard InChI is InChI=1S/C20H24N2O3/c1-4-18(23)22-17-12-10-15(11-13-17)14(2)21-19(20(24)25-3)16-8-6-5-7-9-16/h5-14,19,21H,4H2,1-3H3,(H,22,23)/t14-,19-/m0/s1. The molecule has 0 aliphatic rings. The maximum Gasteiger partial charge on any atom is 0.327 e. The third-order valence-corrected chi connectivity index (χ3v) is 4.00. The van der Waals surface area contributed by atoms with E-state index in [0.29, 0.717) is 6.42 Å². The molecule has 0 aliphatic heterocycles. The second-order valence-electron chi connectivity index (χ2n) is 5.78. The van der Waals surface area contributed by atoms with Gasteiger partial charge in [-0.2, -0.15) is 0 Å². The van der Waals surface area contributed by atoms with Crippen LogP contribution in [0.5, 0.6) is 0 Å². The second kappa shape index (κ2) is 8.99. The predicted octanol–water partition coefficient (Wildman–Crippen LogP) is 3.60. The average Bonchev–Trinajstić information content (AvgIpc) is 2.66. The number of ether oxygens (including phenoxy) is 1. The lowest BCUT2D eigenvalue weighted by molar-refractivity contribution is -0.143. The van der Waals surface area contributed by atoms with Crippen LogP contribution in [0, 0.1) is 0 Å². The average molecular weight is 340 g/mol. The molecule has 0 saturated heterocycles. The topological polar surface area (TPSA) is 67.4 Å². The number of rotatable bonds is 7. The van der Waals surface area contributed by atoms with Crippen LogP contribution >= 0.6 is 0 Å². The molecule has 5 heteroatoms. The van der Waals surface area contributed by atoms with Gasteiger partial charge in [0.1, 0.15) is 6.04 Å². The molecule has 2 rings (SSSR count). The molecule has 0 radical (unpaired) electrons. The molecule has 0 saturated carbocycles. The molecule has 2 aromatic rings.